The average Bonchev–Trinajstić information content (AvgIpc) is 3.02. The van der Waals surface area contributed by atoms with E-state index < -0.39 is 0 Å². The molecule has 2 unspecified atom stereocenters. The Bertz CT molecular complexity index is 762. The molecule has 1 aliphatic rings. The van der Waals surface area contributed by atoms with E-state index in [-0.39, 0.29) is 5.91 Å². The highest BCUT2D eigenvalue weighted by atomic mass is 32.2. The highest BCUT2D eigenvalue weighted by Gasteiger charge is 2.23. The van der Waals surface area contributed by atoms with Crippen molar-refractivity contribution in [3.63, 3.8) is 0 Å². The van der Waals surface area contributed by atoms with Gasteiger partial charge in [-0.3, -0.25) is 4.79 Å². The van der Waals surface area contributed by atoms with E-state index in [0.29, 0.717) is 17.7 Å². The molecular weight excluding hydrogens is 348 g/mol. The monoisotopic (exact) mass is 374 g/mol. The molecule has 2 atom stereocenters. The standard InChI is InChI=1S/C19H26N4O2S/c1-13-8-4-6-10-15(13)20-17(24)12-26-19-22-21-18(23(19)2)14-9-5-7-11-16(14)25-3/h5,7,9,11,13,15H,4,6,8,10,12H2,1-3H3,(H,20,24). The van der Waals surface area contributed by atoms with Crippen LogP contribution in [0, 0.1) is 5.92 Å². The lowest BCUT2D eigenvalue weighted by molar-refractivity contribution is -0.119. The fourth-order valence-corrected chi connectivity index (χ4v) is 4.14. The van der Waals surface area contributed by atoms with Crippen LogP contribution < -0.4 is 10.1 Å². The number of amides is 1. The molecule has 6 nitrogen and oxygen atoms in total. The number of carbonyl (C=O) groups excluding carboxylic acids is 1. The van der Waals surface area contributed by atoms with Crippen LogP contribution in [0.25, 0.3) is 11.4 Å². The maximum absolute atomic E-state index is 12.3. The maximum atomic E-state index is 12.3. The zero-order valence-corrected chi connectivity index (χ0v) is 16.4. The minimum absolute atomic E-state index is 0.0654. The first-order valence-electron chi connectivity index (χ1n) is 9.05. The van der Waals surface area contributed by atoms with Crippen LogP contribution in [0.2, 0.25) is 0 Å². The van der Waals surface area contributed by atoms with E-state index in [2.05, 4.69) is 22.4 Å². The number of thioether (sulfide) groups is 1. The number of carbonyl (C=O) groups is 1. The van der Waals surface area contributed by atoms with Crippen molar-refractivity contribution in [3.8, 4) is 17.1 Å². The first-order chi connectivity index (χ1) is 12.6. The van der Waals surface area contributed by atoms with Crippen molar-refractivity contribution in [2.45, 2.75) is 43.8 Å². The summed E-state index contributed by atoms with van der Waals surface area (Å²) in [4.78, 5) is 12.3. The van der Waals surface area contributed by atoms with Gasteiger partial charge in [-0.25, -0.2) is 0 Å². The number of nitrogens with one attached hydrogen (secondary N) is 1. The number of hydrogen-bond acceptors (Lipinski definition) is 5. The summed E-state index contributed by atoms with van der Waals surface area (Å²) in [6.45, 7) is 2.22. The molecule has 1 N–H and O–H groups in total. The van der Waals surface area contributed by atoms with E-state index in [0.717, 1.165) is 28.7 Å². The van der Waals surface area contributed by atoms with Gasteiger partial charge in [0, 0.05) is 13.1 Å². The lowest BCUT2D eigenvalue weighted by atomic mass is 9.86. The number of hydrogen-bond donors (Lipinski definition) is 1. The molecule has 140 valence electrons. The molecule has 1 amide bonds. The Morgan fingerprint density at radius 2 is 2.08 bits per heavy atom. The Hall–Kier alpha value is -2.02. The SMILES string of the molecule is COc1ccccc1-c1nnc(SCC(=O)NC2CCCCC2C)n1C. The molecule has 7 heteroatoms. The van der Waals surface area contributed by atoms with Gasteiger partial charge in [0.1, 0.15) is 5.75 Å². The van der Waals surface area contributed by atoms with Crippen LogP contribution in [0.1, 0.15) is 32.6 Å². The van der Waals surface area contributed by atoms with Gasteiger partial charge in [-0.05, 0) is 30.9 Å². The Morgan fingerprint density at radius 1 is 1.31 bits per heavy atom. The molecule has 2 aromatic rings. The maximum Gasteiger partial charge on any atom is 0.230 e. The zero-order valence-electron chi connectivity index (χ0n) is 15.6. The Balaban J connectivity index is 1.62. The van der Waals surface area contributed by atoms with Crippen LogP contribution in [0.3, 0.4) is 0 Å². The van der Waals surface area contributed by atoms with Gasteiger partial charge < -0.3 is 14.6 Å². The largest absolute Gasteiger partial charge is 0.496 e. The first-order valence-corrected chi connectivity index (χ1v) is 10.0. The van der Waals surface area contributed by atoms with Crippen LogP contribution in [0.15, 0.2) is 29.4 Å². The van der Waals surface area contributed by atoms with Crippen molar-refractivity contribution in [2.75, 3.05) is 12.9 Å². The molecule has 26 heavy (non-hydrogen) atoms. The third kappa shape index (κ3) is 4.20. The third-order valence-electron chi connectivity index (χ3n) is 4.97. The van der Waals surface area contributed by atoms with Gasteiger partial charge in [-0.1, -0.05) is 43.7 Å². The fraction of sp³-hybridized carbons (Fsp3) is 0.526. The van der Waals surface area contributed by atoms with E-state index in [9.17, 15) is 4.79 Å². The van der Waals surface area contributed by atoms with Crippen LogP contribution >= 0.6 is 11.8 Å². The van der Waals surface area contributed by atoms with Gasteiger partial charge in [0.2, 0.25) is 5.91 Å². The summed E-state index contributed by atoms with van der Waals surface area (Å²) >= 11 is 1.41. The lowest BCUT2D eigenvalue weighted by Crippen LogP contribution is -2.41. The van der Waals surface area contributed by atoms with E-state index in [1.807, 2.05) is 35.9 Å². The molecule has 1 saturated carbocycles. The van der Waals surface area contributed by atoms with Crippen molar-refractivity contribution >= 4 is 17.7 Å². The highest BCUT2D eigenvalue weighted by Crippen LogP contribution is 2.30. The average molecular weight is 375 g/mol. The predicted molar refractivity (Wildman–Crippen MR) is 103 cm³/mol. The molecule has 0 radical (unpaired) electrons. The lowest BCUT2D eigenvalue weighted by Gasteiger charge is -2.29. The smallest absolute Gasteiger partial charge is 0.230 e. The van der Waals surface area contributed by atoms with Gasteiger partial charge in [0.05, 0.1) is 18.4 Å². The van der Waals surface area contributed by atoms with Crippen molar-refractivity contribution < 1.29 is 9.53 Å². The zero-order chi connectivity index (χ0) is 18.5. The molecule has 1 heterocycles. The summed E-state index contributed by atoms with van der Waals surface area (Å²) in [5.74, 6) is 2.45. The van der Waals surface area contributed by atoms with Gasteiger partial charge in [0.25, 0.3) is 0 Å². The molecular formula is C19H26N4O2S. The van der Waals surface area contributed by atoms with E-state index in [4.69, 9.17) is 4.74 Å². The fourth-order valence-electron chi connectivity index (χ4n) is 3.41. The summed E-state index contributed by atoms with van der Waals surface area (Å²) in [7, 11) is 3.55. The highest BCUT2D eigenvalue weighted by molar-refractivity contribution is 7.99. The summed E-state index contributed by atoms with van der Waals surface area (Å²) in [5.41, 5.74) is 0.886. The van der Waals surface area contributed by atoms with Crippen LogP contribution in [0.5, 0.6) is 5.75 Å². The Morgan fingerprint density at radius 3 is 2.85 bits per heavy atom. The topological polar surface area (TPSA) is 69.0 Å². The number of benzene rings is 1. The molecule has 3 rings (SSSR count). The molecule has 1 aliphatic carbocycles. The number of rotatable bonds is 6. The molecule has 1 fully saturated rings. The van der Waals surface area contributed by atoms with E-state index in [1.54, 1.807) is 7.11 Å². The minimum atomic E-state index is 0.0654. The molecule has 0 saturated heterocycles. The van der Waals surface area contributed by atoms with Crippen LogP contribution in [-0.2, 0) is 11.8 Å². The summed E-state index contributed by atoms with van der Waals surface area (Å²) in [6.07, 6.45) is 4.75. The molecule has 1 aromatic heterocycles. The summed E-state index contributed by atoms with van der Waals surface area (Å²) in [5, 5.41) is 12.4. The van der Waals surface area contributed by atoms with Crippen molar-refractivity contribution in [2.24, 2.45) is 13.0 Å². The van der Waals surface area contributed by atoms with Crippen molar-refractivity contribution in [3.05, 3.63) is 24.3 Å². The first kappa shape index (κ1) is 18.8. The number of para-hydroxylation sites is 1. The van der Waals surface area contributed by atoms with Gasteiger partial charge in [-0.2, -0.15) is 0 Å². The van der Waals surface area contributed by atoms with Gasteiger partial charge >= 0.3 is 0 Å². The van der Waals surface area contributed by atoms with Gasteiger partial charge in [-0.15, -0.1) is 10.2 Å². The number of methoxy groups -OCH3 is 1. The molecule has 0 aliphatic heterocycles. The van der Waals surface area contributed by atoms with Crippen molar-refractivity contribution in [1.29, 1.82) is 0 Å². The second kappa shape index (κ2) is 8.58. The van der Waals surface area contributed by atoms with Gasteiger partial charge in [0.15, 0.2) is 11.0 Å². The molecule has 1 aromatic carbocycles. The predicted octanol–water partition coefficient (Wildman–Crippen LogP) is 3.28. The quantitative estimate of drug-likeness (QED) is 0.786. The van der Waals surface area contributed by atoms with Crippen LogP contribution in [0.4, 0.5) is 0 Å². The van der Waals surface area contributed by atoms with E-state index >= 15 is 0 Å². The number of ether oxygens (including phenoxy) is 1. The second-order valence-corrected chi connectivity index (χ2v) is 7.73. The molecule has 0 bridgehead atoms. The Labute approximate surface area is 158 Å². The third-order valence-corrected chi connectivity index (χ3v) is 5.99. The minimum Gasteiger partial charge on any atom is -0.496 e. The number of nitrogens with zero attached hydrogens (tertiary/aromatic N) is 3. The molecule has 0 spiro atoms. The van der Waals surface area contributed by atoms with Crippen LogP contribution in [-0.4, -0.2) is 39.6 Å². The summed E-state index contributed by atoms with van der Waals surface area (Å²) < 4.78 is 7.31. The number of aromatic nitrogens is 3. The second-order valence-electron chi connectivity index (χ2n) is 6.79. The van der Waals surface area contributed by atoms with Crippen molar-refractivity contribution in [1.82, 2.24) is 20.1 Å². The Kier molecular flexibility index (Phi) is 6.19. The van der Waals surface area contributed by atoms with E-state index in [1.165, 1.54) is 31.0 Å². The summed E-state index contributed by atoms with van der Waals surface area (Å²) in [6, 6.07) is 8.02. The normalized spacial score (nSPS) is 20.0.